The molecule has 80 valence electrons. The Kier molecular flexibility index (Phi) is 4.03. The molecular formula is C12H17N2O+. The second-order valence-electron chi connectivity index (χ2n) is 3.32. The molecule has 15 heavy (non-hydrogen) atoms. The Labute approximate surface area is 90.7 Å². The van der Waals surface area contributed by atoms with E-state index in [0.29, 0.717) is 0 Å². The standard InChI is InChI=1S/C12H17N2O/c1-10-9-11(15-4)5-6-12(10)14(3)8-7-13-2/h5-9H,1-4H3/q+1. The van der Waals surface area contributed by atoms with Crippen LogP contribution in [0.3, 0.4) is 0 Å². The van der Waals surface area contributed by atoms with Gasteiger partial charge in [0.2, 0.25) is 5.69 Å². The number of hydrogen-bond donors (Lipinski definition) is 0. The van der Waals surface area contributed by atoms with Gasteiger partial charge in [0.05, 0.1) is 13.3 Å². The van der Waals surface area contributed by atoms with Crippen molar-refractivity contribution in [3.05, 3.63) is 23.8 Å². The molecule has 0 aliphatic rings. The zero-order chi connectivity index (χ0) is 11.3. The van der Waals surface area contributed by atoms with Crippen molar-refractivity contribution in [2.45, 2.75) is 6.92 Å². The van der Waals surface area contributed by atoms with E-state index in [4.69, 9.17) is 4.74 Å². The van der Waals surface area contributed by atoms with Crippen LogP contribution in [0.25, 0.3) is 0 Å². The highest BCUT2D eigenvalue weighted by atomic mass is 16.5. The van der Waals surface area contributed by atoms with E-state index in [2.05, 4.69) is 11.9 Å². The van der Waals surface area contributed by atoms with Gasteiger partial charge in [-0.25, -0.2) is 0 Å². The Hall–Kier alpha value is -1.64. The molecule has 0 atom stereocenters. The van der Waals surface area contributed by atoms with Crippen LogP contribution in [0.4, 0.5) is 5.69 Å². The van der Waals surface area contributed by atoms with E-state index in [1.807, 2.05) is 36.0 Å². The summed E-state index contributed by atoms with van der Waals surface area (Å²) < 4.78 is 7.19. The number of ether oxygens (including phenoxy) is 1. The van der Waals surface area contributed by atoms with E-state index in [1.165, 1.54) is 5.56 Å². The SMILES string of the molecule is CN=CC=[N+](C)c1ccc(OC)cc1C. The van der Waals surface area contributed by atoms with Crippen LogP contribution in [0.15, 0.2) is 23.2 Å². The molecule has 0 fully saturated rings. The van der Waals surface area contributed by atoms with Gasteiger partial charge in [-0.05, 0) is 19.1 Å². The quantitative estimate of drug-likeness (QED) is 0.547. The van der Waals surface area contributed by atoms with Gasteiger partial charge in [0.25, 0.3) is 0 Å². The van der Waals surface area contributed by atoms with Crippen LogP contribution < -0.4 is 4.74 Å². The molecule has 1 rings (SSSR count). The van der Waals surface area contributed by atoms with Gasteiger partial charge in [0, 0.05) is 18.7 Å². The molecule has 0 aliphatic heterocycles. The molecule has 3 nitrogen and oxygen atoms in total. The molecule has 0 amide bonds. The van der Waals surface area contributed by atoms with Crippen LogP contribution in [0.5, 0.6) is 5.75 Å². The van der Waals surface area contributed by atoms with Gasteiger partial charge in [-0.15, -0.1) is 0 Å². The van der Waals surface area contributed by atoms with E-state index in [0.717, 1.165) is 11.4 Å². The minimum atomic E-state index is 0.883. The van der Waals surface area contributed by atoms with Crippen LogP contribution in [0.1, 0.15) is 5.56 Å². The monoisotopic (exact) mass is 205 g/mol. The topological polar surface area (TPSA) is 24.6 Å². The molecule has 0 unspecified atom stereocenters. The van der Waals surface area contributed by atoms with Crippen LogP contribution in [-0.4, -0.2) is 38.2 Å². The molecule has 0 bridgehead atoms. The Morgan fingerprint density at radius 1 is 1.40 bits per heavy atom. The molecule has 0 aliphatic carbocycles. The molecule has 0 heterocycles. The summed E-state index contributed by atoms with van der Waals surface area (Å²) >= 11 is 0. The Balaban J connectivity index is 3.05. The average molecular weight is 205 g/mol. The highest BCUT2D eigenvalue weighted by Crippen LogP contribution is 2.22. The Morgan fingerprint density at radius 2 is 2.13 bits per heavy atom. The molecule has 0 aromatic heterocycles. The van der Waals surface area contributed by atoms with Crippen LogP contribution in [0, 0.1) is 6.92 Å². The minimum Gasteiger partial charge on any atom is -0.497 e. The van der Waals surface area contributed by atoms with E-state index in [9.17, 15) is 0 Å². The summed E-state index contributed by atoms with van der Waals surface area (Å²) in [7, 11) is 5.43. The number of benzene rings is 1. The third kappa shape index (κ3) is 2.91. The molecule has 0 saturated carbocycles. The van der Waals surface area contributed by atoms with E-state index < -0.39 is 0 Å². The maximum Gasteiger partial charge on any atom is 0.208 e. The van der Waals surface area contributed by atoms with Crippen LogP contribution in [-0.2, 0) is 0 Å². The first kappa shape index (κ1) is 11.4. The first-order valence-corrected chi connectivity index (χ1v) is 4.82. The molecule has 3 heteroatoms. The number of rotatable bonds is 3. The fourth-order valence-electron chi connectivity index (χ4n) is 1.40. The maximum absolute atomic E-state index is 5.16. The summed E-state index contributed by atoms with van der Waals surface area (Å²) in [4.78, 5) is 3.92. The second kappa shape index (κ2) is 5.29. The van der Waals surface area contributed by atoms with Crippen molar-refractivity contribution in [3.63, 3.8) is 0 Å². The normalized spacial score (nSPS) is 12.1. The predicted molar refractivity (Wildman–Crippen MR) is 64.1 cm³/mol. The van der Waals surface area contributed by atoms with Gasteiger partial charge < -0.3 is 4.74 Å². The third-order valence-corrected chi connectivity index (χ3v) is 2.22. The summed E-state index contributed by atoms with van der Waals surface area (Å²) in [5, 5.41) is 0. The zero-order valence-corrected chi connectivity index (χ0v) is 9.69. The third-order valence-electron chi connectivity index (χ3n) is 2.22. The summed E-state index contributed by atoms with van der Waals surface area (Å²) in [5.41, 5.74) is 2.33. The van der Waals surface area contributed by atoms with E-state index >= 15 is 0 Å². The number of hydrogen-bond acceptors (Lipinski definition) is 2. The summed E-state index contributed by atoms with van der Waals surface area (Å²) in [5.74, 6) is 0.883. The highest BCUT2D eigenvalue weighted by molar-refractivity contribution is 6.13. The average Bonchev–Trinajstić information content (AvgIpc) is 2.25. The van der Waals surface area contributed by atoms with Gasteiger partial charge in [0.1, 0.15) is 12.8 Å². The van der Waals surface area contributed by atoms with E-state index in [1.54, 1.807) is 20.4 Å². The second-order valence-corrected chi connectivity index (χ2v) is 3.32. The van der Waals surface area contributed by atoms with Crippen molar-refractivity contribution in [3.8, 4) is 5.75 Å². The largest absolute Gasteiger partial charge is 0.497 e. The number of aliphatic imine (C=N–C) groups is 1. The van der Waals surface area contributed by atoms with Gasteiger partial charge in [0.15, 0.2) is 6.21 Å². The van der Waals surface area contributed by atoms with Crippen molar-refractivity contribution in [1.82, 2.24) is 0 Å². The lowest BCUT2D eigenvalue weighted by Crippen LogP contribution is -2.02. The fourth-order valence-corrected chi connectivity index (χ4v) is 1.40. The van der Waals surface area contributed by atoms with E-state index in [-0.39, 0.29) is 0 Å². The smallest absolute Gasteiger partial charge is 0.208 e. The minimum absolute atomic E-state index is 0.883. The number of methoxy groups -OCH3 is 1. The molecule has 1 aromatic rings. The van der Waals surface area contributed by atoms with Gasteiger partial charge in [-0.1, -0.05) is 0 Å². The van der Waals surface area contributed by atoms with Crippen molar-refractivity contribution < 1.29 is 9.31 Å². The molecular weight excluding hydrogens is 188 g/mol. The van der Waals surface area contributed by atoms with Crippen molar-refractivity contribution >= 4 is 18.1 Å². The highest BCUT2D eigenvalue weighted by Gasteiger charge is 2.07. The van der Waals surface area contributed by atoms with Crippen LogP contribution in [0.2, 0.25) is 0 Å². The molecule has 1 aromatic carbocycles. The molecule has 0 N–H and O–H groups in total. The lowest BCUT2D eigenvalue weighted by atomic mass is 10.2. The first-order chi connectivity index (χ1) is 7.19. The molecule has 0 radical (unpaired) electrons. The predicted octanol–water partition coefficient (Wildman–Crippen LogP) is 2.05. The van der Waals surface area contributed by atoms with Crippen molar-refractivity contribution in [2.24, 2.45) is 4.99 Å². The van der Waals surface area contributed by atoms with Crippen molar-refractivity contribution in [2.75, 3.05) is 21.2 Å². The molecule has 0 saturated heterocycles. The number of aryl methyl sites for hydroxylation is 1. The summed E-state index contributed by atoms with van der Waals surface area (Å²) in [6, 6.07) is 6.01. The summed E-state index contributed by atoms with van der Waals surface area (Å²) in [6.07, 6.45) is 3.69. The van der Waals surface area contributed by atoms with Gasteiger partial charge >= 0.3 is 0 Å². The van der Waals surface area contributed by atoms with Gasteiger partial charge in [-0.2, -0.15) is 4.58 Å². The Bertz CT molecular complexity index is 395. The fraction of sp³-hybridized carbons (Fsp3) is 0.333. The molecule has 0 spiro atoms. The lowest BCUT2D eigenvalue weighted by molar-refractivity contribution is -0.398. The number of nitrogens with zero attached hydrogens (tertiary/aromatic N) is 2. The maximum atomic E-state index is 5.16. The Morgan fingerprint density at radius 3 is 2.67 bits per heavy atom. The van der Waals surface area contributed by atoms with Gasteiger partial charge in [-0.3, -0.25) is 4.99 Å². The first-order valence-electron chi connectivity index (χ1n) is 4.82. The summed E-state index contributed by atoms with van der Waals surface area (Å²) in [6.45, 7) is 2.06. The van der Waals surface area contributed by atoms with Crippen LogP contribution >= 0.6 is 0 Å². The zero-order valence-electron chi connectivity index (χ0n) is 9.69. The van der Waals surface area contributed by atoms with Crippen molar-refractivity contribution in [1.29, 1.82) is 0 Å². The lowest BCUT2D eigenvalue weighted by Gasteiger charge is -2.03.